The van der Waals surface area contributed by atoms with E-state index in [2.05, 4.69) is 54.5 Å². The Morgan fingerprint density at radius 2 is 1.00 bits per heavy atom. The third-order valence-electron chi connectivity index (χ3n) is 21.4. The maximum Gasteiger partial charge on any atom is 0.315 e. The number of fused-ring (bicyclic) bond motifs is 7. The summed E-state index contributed by atoms with van der Waals surface area (Å²) in [6.45, 7) is 12.8. The molecule has 14 N–H and O–H groups in total. The van der Waals surface area contributed by atoms with E-state index >= 15 is 0 Å². The van der Waals surface area contributed by atoms with E-state index in [4.69, 9.17) is 37.9 Å². The van der Waals surface area contributed by atoms with Crippen molar-refractivity contribution in [3.8, 4) is 0 Å². The average molecular weight is 1110 g/mol. The Hall–Kier alpha value is -1.63. The van der Waals surface area contributed by atoms with Crippen molar-refractivity contribution in [1.29, 1.82) is 0 Å². The van der Waals surface area contributed by atoms with Gasteiger partial charge in [0.15, 0.2) is 18.9 Å². The highest BCUT2D eigenvalue weighted by Gasteiger charge is 2.70. The number of rotatable bonds is 12. The molecule has 4 heterocycles. The zero-order valence-electron chi connectivity index (χ0n) is 45.3. The van der Waals surface area contributed by atoms with Crippen LogP contribution in [0.15, 0.2) is 11.6 Å². The SMILES string of the molecule is CC1(C)CCC2(C(=O)O[C@@H]3O[C@H](CO)[C@@H](O)[C@H](O)[C@H]3O)CC[C@]3(C)C(=CCC4C5(C)CCC(O[C@@H]6O[C@H](CO)[C@@H](O)[C@H](O[C@@H]7O[C@H](CO)[C@@H](O)[C@H](O)[C@H]7O)[C@H]6O[C@@H]6O[C@H](CO)[C@@H](O)[C@H](O)[C@H]6O)C(C)(C)C5CCC43C)C2C1. The Morgan fingerprint density at radius 3 is 1.55 bits per heavy atom. The van der Waals surface area contributed by atoms with Crippen molar-refractivity contribution in [1.82, 2.24) is 0 Å². The van der Waals surface area contributed by atoms with Crippen LogP contribution in [0.1, 0.15) is 113 Å². The lowest BCUT2D eigenvalue weighted by Crippen LogP contribution is -2.68. The van der Waals surface area contributed by atoms with Crippen LogP contribution in [0.2, 0.25) is 0 Å². The first kappa shape index (κ1) is 60.0. The lowest BCUT2D eigenvalue weighted by atomic mass is 9.33. The molecule has 442 valence electrons. The zero-order chi connectivity index (χ0) is 56.3. The van der Waals surface area contributed by atoms with Crippen LogP contribution in [0.25, 0.3) is 0 Å². The van der Waals surface area contributed by atoms with E-state index in [-0.39, 0.29) is 39.4 Å². The Bertz CT molecular complexity index is 2110. The average Bonchev–Trinajstić information content (AvgIpc) is 3.55. The number of aliphatic hydroxyl groups is 14. The van der Waals surface area contributed by atoms with Gasteiger partial charge in [-0.3, -0.25) is 4.79 Å². The van der Waals surface area contributed by atoms with Crippen LogP contribution in [-0.4, -0.2) is 233 Å². The zero-order valence-corrected chi connectivity index (χ0v) is 45.3. The number of allylic oxidation sites excluding steroid dienone is 2. The minimum Gasteiger partial charge on any atom is -0.432 e. The minimum atomic E-state index is -1.94. The van der Waals surface area contributed by atoms with Crippen LogP contribution in [-0.2, 0) is 42.7 Å². The van der Waals surface area contributed by atoms with Gasteiger partial charge >= 0.3 is 5.97 Å². The van der Waals surface area contributed by atoms with Gasteiger partial charge in [0.25, 0.3) is 0 Å². The third-order valence-corrected chi connectivity index (χ3v) is 21.4. The Labute approximate surface area is 449 Å². The number of aliphatic hydroxyl groups excluding tert-OH is 14. The van der Waals surface area contributed by atoms with Crippen LogP contribution in [0.3, 0.4) is 0 Å². The molecule has 0 aromatic heterocycles. The standard InChI is InChI=1S/C54H88O23/c1-49(2)14-16-54(48(69)77-46-41(68)38(65)34(61)27(21-57)72-46)17-15-52(6)23(24(54)18-49)8-9-30-51(5)12-11-31(50(3,4)29(51)10-13-53(30,52)7)74-47-43(76-45-40(67)37(64)33(60)26(20-56)71-45)42(35(62)28(22-58)73-47)75-44-39(66)36(63)32(59)25(19-55)70-44/h8,24-47,55-68H,9-22H2,1-7H3/t24?,25-,26-,27-,28-,29?,30?,31?,32-,33-,34-,35-,36+,37+,38+,39-,40-,41-,42+,43-,44+,45+,46+,47+,51?,52-,53?,54?/m1/s1. The van der Waals surface area contributed by atoms with E-state index in [1.165, 1.54) is 5.57 Å². The van der Waals surface area contributed by atoms with Gasteiger partial charge in [-0.15, -0.1) is 0 Å². The molecule has 0 amide bonds. The van der Waals surface area contributed by atoms with Gasteiger partial charge < -0.3 is 109 Å². The molecule has 9 aliphatic rings. The summed E-state index contributed by atoms with van der Waals surface area (Å²) >= 11 is 0. The van der Waals surface area contributed by atoms with Crippen LogP contribution < -0.4 is 0 Å². The fourth-order valence-electron chi connectivity index (χ4n) is 16.5. The van der Waals surface area contributed by atoms with E-state index < -0.39 is 172 Å². The fraction of sp³-hybridized carbons (Fsp3) is 0.944. The lowest BCUT2D eigenvalue weighted by Gasteiger charge is -2.71. The number of esters is 1. The second-order valence-corrected chi connectivity index (χ2v) is 26.3. The van der Waals surface area contributed by atoms with Crippen LogP contribution in [0.5, 0.6) is 0 Å². The number of carbonyl (C=O) groups excluding carboxylic acids is 1. The van der Waals surface area contributed by atoms with E-state index in [1.54, 1.807) is 0 Å². The largest absolute Gasteiger partial charge is 0.432 e. The highest BCUT2D eigenvalue weighted by atomic mass is 16.8. The molecule has 0 radical (unpaired) electrons. The van der Waals surface area contributed by atoms with Gasteiger partial charge in [0.05, 0.1) is 37.9 Å². The van der Waals surface area contributed by atoms with Gasteiger partial charge in [-0.25, -0.2) is 0 Å². The van der Waals surface area contributed by atoms with Crippen LogP contribution in [0, 0.1) is 50.2 Å². The molecule has 0 bridgehead atoms. The van der Waals surface area contributed by atoms with E-state index in [0.717, 1.165) is 32.1 Å². The van der Waals surface area contributed by atoms with Crippen molar-refractivity contribution >= 4 is 5.97 Å². The molecule has 4 saturated heterocycles. The second-order valence-electron chi connectivity index (χ2n) is 26.3. The first-order valence-electron chi connectivity index (χ1n) is 27.8. The molecule has 5 aliphatic carbocycles. The third kappa shape index (κ3) is 9.80. The van der Waals surface area contributed by atoms with Gasteiger partial charge in [0.2, 0.25) is 6.29 Å². The quantitative estimate of drug-likeness (QED) is 0.0569. The van der Waals surface area contributed by atoms with Gasteiger partial charge in [0, 0.05) is 0 Å². The van der Waals surface area contributed by atoms with Gasteiger partial charge in [-0.2, -0.15) is 0 Å². The van der Waals surface area contributed by atoms with E-state index in [1.807, 2.05) is 0 Å². The summed E-state index contributed by atoms with van der Waals surface area (Å²) in [5, 5.41) is 149. The van der Waals surface area contributed by atoms with Crippen molar-refractivity contribution in [2.45, 2.75) is 242 Å². The molecule has 28 atom stereocenters. The van der Waals surface area contributed by atoms with Crippen LogP contribution in [0.4, 0.5) is 0 Å². The molecule has 77 heavy (non-hydrogen) atoms. The molecule has 23 heteroatoms. The minimum absolute atomic E-state index is 0.0454. The second kappa shape index (κ2) is 21.8. The summed E-state index contributed by atoms with van der Waals surface area (Å²) in [5.74, 6) is -0.507. The summed E-state index contributed by atoms with van der Waals surface area (Å²) in [6.07, 6.45) is -25.0. The summed E-state index contributed by atoms with van der Waals surface area (Å²) in [6, 6.07) is 0. The van der Waals surface area contributed by atoms with Crippen molar-refractivity contribution in [2.75, 3.05) is 26.4 Å². The molecule has 4 aliphatic heterocycles. The van der Waals surface area contributed by atoms with Crippen LogP contribution >= 0.6 is 0 Å². The first-order chi connectivity index (χ1) is 36.1. The fourth-order valence-corrected chi connectivity index (χ4v) is 16.5. The normalized spacial score (nSPS) is 53.4. The molecule has 8 fully saturated rings. The summed E-state index contributed by atoms with van der Waals surface area (Å²) < 4.78 is 48.9. The molecular weight excluding hydrogens is 1020 g/mol. The molecule has 0 aromatic rings. The van der Waals surface area contributed by atoms with Gasteiger partial charge in [0.1, 0.15) is 97.7 Å². The Balaban J connectivity index is 0.995. The number of hydrogen-bond acceptors (Lipinski definition) is 23. The van der Waals surface area contributed by atoms with Crippen molar-refractivity contribution < 1.29 is 114 Å². The summed E-state index contributed by atoms with van der Waals surface area (Å²) in [5.41, 5.74) is -1.27. The molecule has 0 aromatic carbocycles. The van der Waals surface area contributed by atoms with Gasteiger partial charge in [-0.05, 0) is 109 Å². The molecule has 9 rings (SSSR count). The summed E-state index contributed by atoms with van der Waals surface area (Å²) in [7, 11) is 0. The Morgan fingerprint density at radius 1 is 0.519 bits per heavy atom. The summed E-state index contributed by atoms with van der Waals surface area (Å²) in [4.78, 5) is 14.8. The molecule has 4 saturated carbocycles. The van der Waals surface area contributed by atoms with Crippen molar-refractivity contribution in [3.05, 3.63) is 11.6 Å². The predicted octanol–water partition coefficient (Wildman–Crippen LogP) is -2.04. The molecule has 7 unspecified atom stereocenters. The number of carbonyl (C=O) groups is 1. The highest BCUT2D eigenvalue weighted by Crippen LogP contribution is 2.76. The van der Waals surface area contributed by atoms with E-state index in [0.29, 0.717) is 32.1 Å². The first-order valence-corrected chi connectivity index (χ1v) is 27.8. The molecular formula is C54H88O23. The highest BCUT2D eigenvalue weighted by molar-refractivity contribution is 5.79. The lowest BCUT2D eigenvalue weighted by molar-refractivity contribution is -0.399. The topological polar surface area (TPSA) is 374 Å². The number of hydrogen-bond donors (Lipinski definition) is 14. The maximum absolute atomic E-state index is 14.8. The van der Waals surface area contributed by atoms with Crippen molar-refractivity contribution in [2.24, 2.45) is 50.2 Å². The molecule has 0 spiro atoms. The monoisotopic (exact) mass is 1100 g/mol. The maximum atomic E-state index is 14.8. The smallest absolute Gasteiger partial charge is 0.315 e. The van der Waals surface area contributed by atoms with E-state index in [9.17, 15) is 76.3 Å². The van der Waals surface area contributed by atoms with Crippen molar-refractivity contribution in [3.63, 3.8) is 0 Å². The Kier molecular flexibility index (Phi) is 17.0. The predicted molar refractivity (Wildman–Crippen MR) is 263 cm³/mol. The van der Waals surface area contributed by atoms with Gasteiger partial charge in [-0.1, -0.05) is 60.1 Å². The molecule has 23 nitrogen and oxygen atoms in total. The number of ether oxygens (including phenoxy) is 8.